The van der Waals surface area contributed by atoms with Gasteiger partial charge in [0, 0.05) is 6.07 Å². The number of benzene rings is 1. The Hall–Kier alpha value is -1.07. The van der Waals surface area contributed by atoms with Crippen molar-refractivity contribution >= 4 is 29.5 Å². The Balaban J connectivity index is 3.37. The van der Waals surface area contributed by atoms with Crippen molar-refractivity contribution in [3.63, 3.8) is 0 Å². The maximum atomic E-state index is 12.2. The molecule has 0 radical (unpaired) electrons. The van der Waals surface area contributed by atoms with Gasteiger partial charge in [0.15, 0.2) is 17.8 Å². The van der Waals surface area contributed by atoms with E-state index in [1.54, 1.807) is 6.92 Å². The fraction of sp³-hybridized carbons (Fsp3) is 0.300. The van der Waals surface area contributed by atoms with Crippen molar-refractivity contribution in [2.75, 3.05) is 6.61 Å². The van der Waals surface area contributed by atoms with Gasteiger partial charge in [-0.3, -0.25) is 4.79 Å². The molecule has 0 bridgehead atoms. The first-order chi connectivity index (χ1) is 8.01. The minimum Gasteiger partial charge on any atom is -0.490 e. The van der Waals surface area contributed by atoms with Crippen molar-refractivity contribution in [2.24, 2.45) is 0 Å². The Kier molecular flexibility index (Phi) is 4.96. The van der Waals surface area contributed by atoms with E-state index in [0.29, 0.717) is 0 Å². The summed E-state index contributed by atoms with van der Waals surface area (Å²) in [5, 5.41) is -0.125. The van der Waals surface area contributed by atoms with Gasteiger partial charge in [0.1, 0.15) is 0 Å². The molecule has 3 nitrogen and oxygen atoms in total. The molecule has 0 saturated carbocycles. The molecule has 0 saturated heterocycles. The Bertz CT molecular complexity index is 425. The topological polar surface area (TPSA) is 35.5 Å². The second-order valence-electron chi connectivity index (χ2n) is 2.84. The molecule has 1 aromatic rings. The Morgan fingerprint density at radius 3 is 2.59 bits per heavy atom. The molecule has 0 spiro atoms. The lowest BCUT2D eigenvalue weighted by Crippen LogP contribution is -2.07. The van der Waals surface area contributed by atoms with E-state index in [4.69, 9.17) is 27.9 Å². The van der Waals surface area contributed by atoms with Crippen molar-refractivity contribution in [2.45, 2.75) is 13.5 Å². The van der Waals surface area contributed by atoms with Crippen LogP contribution in [0.25, 0.3) is 0 Å². The highest BCUT2D eigenvalue weighted by molar-refractivity contribution is 6.43. The van der Waals surface area contributed by atoms with Crippen LogP contribution in [0.15, 0.2) is 6.07 Å². The number of rotatable bonds is 5. The van der Waals surface area contributed by atoms with Gasteiger partial charge in [-0.05, 0) is 6.92 Å². The van der Waals surface area contributed by atoms with Gasteiger partial charge in [-0.2, -0.15) is 8.78 Å². The zero-order valence-corrected chi connectivity index (χ0v) is 10.2. The molecule has 0 aliphatic heterocycles. The molecule has 0 aliphatic rings. The molecule has 0 fully saturated rings. The normalized spacial score (nSPS) is 10.5. The summed E-state index contributed by atoms with van der Waals surface area (Å²) in [6, 6.07) is 1.22. The van der Waals surface area contributed by atoms with Gasteiger partial charge in [-0.25, -0.2) is 0 Å². The summed E-state index contributed by atoms with van der Waals surface area (Å²) < 4.78 is 33.7. The molecule has 0 heterocycles. The highest BCUT2D eigenvalue weighted by Crippen LogP contribution is 2.40. The van der Waals surface area contributed by atoms with Crippen LogP contribution in [0.3, 0.4) is 0 Å². The third-order valence-corrected chi connectivity index (χ3v) is 2.60. The maximum Gasteiger partial charge on any atom is 0.387 e. The van der Waals surface area contributed by atoms with E-state index < -0.39 is 12.4 Å². The molecule has 0 amide bonds. The molecule has 0 aromatic heterocycles. The second kappa shape index (κ2) is 6.02. The van der Waals surface area contributed by atoms with Gasteiger partial charge in [0.2, 0.25) is 0 Å². The first-order valence-electron chi connectivity index (χ1n) is 4.56. The van der Waals surface area contributed by atoms with Gasteiger partial charge in [-0.1, -0.05) is 23.2 Å². The summed E-state index contributed by atoms with van der Waals surface area (Å²) in [7, 11) is 0. The second-order valence-corrected chi connectivity index (χ2v) is 3.63. The lowest BCUT2D eigenvalue weighted by atomic mass is 10.2. The number of carbonyl (C=O) groups is 1. The predicted molar refractivity (Wildman–Crippen MR) is 59.7 cm³/mol. The van der Waals surface area contributed by atoms with E-state index in [2.05, 4.69) is 4.74 Å². The minimum atomic E-state index is -3.09. The van der Waals surface area contributed by atoms with Crippen molar-refractivity contribution < 1.29 is 23.0 Å². The Morgan fingerprint density at radius 1 is 1.47 bits per heavy atom. The van der Waals surface area contributed by atoms with Gasteiger partial charge < -0.3 is 9.47 Å². The van der Waals surface area contributed by atoms with Gasteiger partial charge in [-0.15, -0.1) is 0 Å². The SMILES string of the molecule is CCOc1cc(Cl)c(Cl)c(C=O)c1OC(F)F. The van der Waals surface area contributed by atoms with Crippen LogP contribution < -0.4 is 9.47 Å². The summed E-state index contributed by atoms with van der Waals surface area (Å²) in [5.41, 5.74) is -0.261. The molecule has 0 unspecified atom stereocenters. The summed E-state index contributed by atoms with van der Waals surface area (Å²) in [6.07, 6.45) is 0.286. The van der Waals surface area contributed by atoms with E-state index in [0.717, 1.165) is 0 Å². The van der Waals surface area contributed by atoms with Crippen molar-refractivity contribution in [1.82, 2.24) is 0 Å². The third kappa shape index (κ3) is 3.20. The van der Waals surface area contributed by atoms with Gasteiger partial charge >= 0.3 is 6.61 Å². The zero-order valence-electron chi connectivity index (χ0n) is 8.68. The van der Waals surface area contributed by atoms with E-state index in [1.165, 1.54) is 6.07 Å². The molecular weight excluding hydrogens is 277 g/mol. The zero-order chi connectivity index (χ0) is 13.0. The third-order valence-electron chi connectivity index (χ3n) is 1.80. The van der Waals surface area contributed by atoms with Crippen molar-refractivity contribution in [3.8, 4) is 11.5 Å². The first kappa shape index (κ1) is 14.0. The summed E-state index contributed by atoms with van der Waals surface area (Å²) in [4.78, 5) is 10.8. The number of halogens is 4. The molecule has 7 heteroatoms. The first-order valence-corrected chi connectivity index (χ1v) is 5.31. The van der Waals surface area contributed by atoms with E-state index >= 15 is 0 Å². The predicted octanol–water partition coefficient (Wildman–Crippen LogP) is 3.81. The quantitative estimate of drug-likeness (QED) is 0.772. The number of ether oxygens (including phenoxy) is 2. The van der Waals surface area contributed by atoms with E-state index in [-0.39, 0.29) is 34.3 Å². The van der Waals surface area contributed by atoms with Crippen LogP contribution in [-0.4, -0.2) is 19.5 Å². The van der Waals surface area contributed by atoms with Crippen molar-refractivity contribution in [3.05, 3.63) is 21.7 Å². The number of carbonyl (C=O) groups excluding carboxylic acids is 1. The van der Waals surface area contributed by atoms with Crippen LogP contribution in [0.1, 0.15) is 17.3 Å². The maximum absolute atomic E-state index is 12.2. The van der Waals surface area contributed by atoms with Crippen LogP contribution in [0.2, 0.25) is 10.0 Å². The van der Waals surface area contributed by atoms with Gasteiger partial charge in [0.25, 0.3) is 0 Å². The molecule has 17 heavy (non-hydrogen) atoms. The smallest absolute Gasteiger partial charge is 0.387 e. The lowest BCUT2D eigenvalue weighted by molar-refractivity contribution is -0.0516. The van der Waals surface area contributed by atoms with Crippen LogP contribution in [-0.2, 0) is 0 Å². The van der Waals surface area contributed by atoms with Crippen LogP contribution >= 0.6 is 23.2 Å². The highest BCUT2D eigenvalue weighted by atomic mass is 35.5. The molecule has 1 aromatic carbocycles. The molecule has 94 valence electrons. The Labute approximate surface area is 106 Å². The number of hydrogen-bond donors (Lipinski definition) is 0. The van der Waals surface area contributed by atoms with E-state index in [9.17, 15) is 13.6 Å². The number of alkyl halides is 2. The molecule has 1 rings (SSSR count). The minimum absolute atomic E-state index is 0.0267. The average Bonchev–Trinajstić information content (AvgIpc) is 2.25. The van der Waals surface area contributed by atoms with Crippen LogP contribution in [0.4, 0.5) is 8.78 Å². The highest BCUT2D eigenvalue weighted by Gasteiger charge is 2.21. The fourth-order valence-electron chi connectivity index (χ4n) is 1.18. The lowest BCUT2D eigenvalue weighted by Gasteiger charge is -2.14. The summed E-state index contributed by atoms with van der Waals surface area (Å²) in [5.74, 6) is -0.462. The van der Waals surface area contributed by atoms with Gasteiger partial charge in [0.05, 0.1) is 22.2 Å². The Morgan fingerprint density at radius 2 is 2.12 bits per heavy atom. The van der Waals surface area contributed by atoms with E-state index in [1.807, 2.05) is 0 Å². The summed E-state index contributed by atoms with van der Waals surface area (Å²) in [6.45, 7) is -1.24. The molecule has 0 aliphatic carbocycles. The van der Waals surface area contributed by atoms with Crippen molar-refractivity contribution in [1.29, 1.82) is 0 Å². The molecule has 0 N–H and O–H groups in total. The largest absolute Gasteiger partial charge is 0.490 e. The summed E-state index contributed by atoms with van der Waals surface area (Å²) >= 11 is 11.4. The monoisotopic (exact) mass is 284 g/mol. The molecular formula is C10H8Cl2F2O3. The number of hydrogen-bond acceptors (Lipinski definition) is 3. The number of aldehydes is 1. The van der Waals surface area contributed by atoms with Crippen LogP contribution in [0, 0.1) is 0 Å². The average molecular weight is 285 g/mol. The fourth-order valence-corrected chi connectivity index (χ4v) is 1.57. The van der Waals surface area contributed by atoms with Crippen LogP contribution in [0.5, 0.6) is 11.5 Å². The standard InChI is InChI=1S/C10H8Cl2F2O3/c1-2-16-7-3-6(11)8(12)5(4-15)9(7)17-10(13)14/h3-4,10H,2H2,1H3. The molecule has 0 atom stereocenters.